The highest BCUT2D eigenvalue weighted by atomic mass is 19.1. The minimum atomic E-state index is -1.08. The van der Waals surface area contributed by atoms with Gasteiger partial charge in [0.2, 0.25) is 0 Å². The average Bonchev–Trinajstić information content (AvgIpc) is 2.57. The summed E-state index contributed by atoms with van der Waals surface area (Å²) in [4.78, 5) is 0. The van der Waals surface area contributed by atoms with Gasteiger partial charge in [0.25, 0.3) is 0 Å². The number of terminal acetylenes is 1. The molecule has 0 spiro atoms. The lowest BCUT2D eigenvalue weighted by atomic mass is 10.0. The second-order valence-corrected chi connectivity index (χ2v) is 5.59. The molecule has 25 heavy (non-hydrogen) atoms. The summed E-state index contributed by atoms with van der Waals surface area (Å²) in [7, 11) is 0. The van der Waals surface area contributed by atoms with E-state index < -0.39 is 6.17 Å². The Hall–Kier alpha value is -2.73. The van der Waals surface area contributed by atoms with Crippen LogP contribution in [-0.4, -0.2) is 12.2 Å². The minimum Gasteiger partial charge on any atom is -0.399 e. The molecule has 0 aromatic heterocycles. The number of nitrogens with one attached hydrogen (secondary N) is 1. The number of allylic oxidation sites excluding steroid dienone is 6. The molecular weight excluding hydrogens is 311 g/mol. The van der Waals surface area contributed by atoms with Gasteiger partial charge < -0.3 is 11.1 Å². The van der Waals surface area contributed by atoms with Crippen molar-refractivity contribution in [2.75, 3.05) is 0 Å². The predicted octanol–water partition coefficient (Wildman–Crippen LogP) is 4.87. The molecule has 0 rings (SSSR count). The van der Waals surface area contributed by atoms with Crippen molar-refractivity contribution in [2.45, 2.75) is 39.4 Å². The van der Waals surface area contributed by atoms with E-state index in [-0.39, 0.29) is 6.04 Å². The number of hydrogen-bond donors (Lipinski definition) is 2. The summed E-state index contributed by atoms with van der Waals surface area (Å²) in [6.07, 6.45) is 15.0. The van der Waals surface area contributed by atoms with Gasteiger partial charge in [0.05, 0.1) is 0 Å². The monoisotopic (exact) mass is 340 g/mol. The molecule has 0 aromatic carbocycles. The molecule has 0 aliphatic carbocycles. The van der Waals surface area contributed by atoms with E-state index in [1.54, 1.807) is 24.3 Å². The van der Waals surface area contributed by atoms with Crippen molar-refractivity contribution in [1.29, 1.82) is 0 Å². The van der Waals surface area contributed by atoms with E-state index in [2.05, 4.69) is 31.0 Å². The second kappa shape index (κ2) is 11.8. The Bertz CT molecular complexity index is 652. The van der Waals surface area contributed by atoms with Crippen LogP contribution >= 0.6 is 0 Å². The third kappa shape index (κ3) is 8.62. The molecule has 0 saturated heterocycles. The first-order valence-electron chi connectivity index (χ1n) is 8.19. The predicted molar refractivity (Wildman–Crippen MR) is 108 cm³/mol. The fraction of sp³-hybridized carbons (Fsp3) is 0.273. The Morgan fingerprint density at radius 1 is 1.32 bits per heavy atom. The molecule has 0 radical (unpaired) electrons. The molecule has 0 aromatic rings. The van der Waals surface area contributed by atoms with Crippen molar-refractivity contribution >= 4 is 0 Å². The van der Waals surface area contributed by atoms with Crippen LogP contribution in [-0.2, 0) is 0 Å². The zero-order valence-corrected chi connectivity index (χ0v) is 15.5. The van der Waals surface area contributed by atoms with Crippen LogP contribution in [0, 0.1) is 12.3 Å². The highest BCUT2D eigenvalue weighted by Gasteiger charge is 2.09. The second-order valence-electron chi connectivity index (χ2n) is 5.59. The van der Waals surface area contributed by atoms with Crippen molar-refractivity contribution in [3.8, 4) is 12.3 Å². The summed E-state index contributed by atoms with van der Waals surface area (Å²) < 4.78 is 13.4. The minimum absolute atomic E-state index is 0.175. The van der Waals surface area contributed by atoms with Gasteiger partial charge in [0.15, 0.2) is 0 Å². The Morgan fingerprint density at radius 3 is 2.44 bits per heavy atom. The van der Waals surface area contributed by atoms with Gasteiger partial charge in [0, 0.05) is 17.4 Å². The molecule has 0 amide bonds. The zero-order valence-electron chi connectivity index (χ0n) is 15.5. The fourth-order valence-corrected chi connectivity index (χ4v) is 1.98. The molecule has 0 aliphatic heterocycles. The van der Waals surface area contributed by atoms with Gasteiger partial charge in [-0.2, -0.15) is 0 Å². The molecule has 134 valence electrons. The van der Waals surface area contributed by atoms with E-state index in [1.807, 2.05) is 19.9 Å². The average molecular weight is 340 g/mol. The summed E-state index contributed by atoms with van der Waals surface area (Å²) in [6.45, 7) is 17.1. The molecule has 0 bridgehead atoms. The van der Waals surface area contributed by atoms with E-state index in [9.17, 15) is 4.39 Å². The standard InChI is InChI=1S/C22H29FN2/c1-8-11-12-21(15-17(5)23)19(7)25-18(6)20(10-3)13-14-22(24)16(4)9-2/h1,10-15,17,19,25H,3-4,6,9,24H2,2,5,7H3/b12-11-,20-13+,21-15-,22-14+. The van der Waals surface area contributed by atoms with Gasteiger partial charge in [-0.1, -0.05) is 44.7 Å². The van der Waals surface area contributed by atoms with Crippen LogP contribution in [0.5, 0.6) is 0 Å². The van der Waals surface area contributed by atoms with Gasteiger partial charge in [-0.05, 0) is 61.3 Å². The quantitative estimate of drug-likeness (QED) is 0.440. The molecule has 3 heteroatoms. The normalized spacial score (nSPS) is 15.4. The third-order valence-electron chi connectivity index (χ3n) is 3.53. The van der Waals surface area contributed by atoms with Crippen molar-refractivity contribution in [3.05, 3.63) is 84.3 Å². The lowest BCUT2D eigenvalue weighted by Crippen LogP contribution is -2.27. The topological polar surface area (TPSA) is 38.0 Å². The van der Waals surface area contributed by atoms with Crippen LogP contribution in [0.15, 0.2) is 84.3 Å². The van der Waals surface area contributed by atoms with E-state index >= 15 is 0 Å². The van der Waals surface area contributed by atoms with Crippen LogP contribution in [0.4, 0.5) is 4.39 Å². The van der Waals surface area contributed by atoms with Crippen LogP contribution in [0.25, 0.3) is 0 Å². The Kier molecular flexibility index (Phi) is 10.5. The molecule has 0 aliphatic rings. The van der Waals surface area contributed by atoms with Gasteiger partial charge in [-0.25, -0.2) is 4.39 Å². The van der Waals surface area contributed by atoms with Crippen molar-refractivity contribution in [1.82, 2.24) is 5.32 Å². The summed E-state index contributed by atoms with van der Waals surface area (Å²) in [5.41, 5.74) is 9.61. The van der Waals surface area contributed by atoms with E-state index in [0.717, 1.165) is 23.1 Å². The zero-order chi connectivity index (χ0) is 19.4. The van der Waals surface area contributed by atoms with Crippen molar-refractivity contribution in [2.24, 2.45) is 5.73 Å². The molecule has 2 nitrogen and oxygen atoms in total. The van der Waals surface area contributed by atoms with Gasteiger partial charge in [-0.3, -0.25) is 0 Å². The van der Waals surface area contributed by atoms with E-state index in [0.29, 0.717) is 11.4 Å². The summed E-state index contributed by atoms with van der Waals surface area (Å²) in [6, 6.07) is -0.175. The number of rotatable bonds is 10. The first kappa shape index (κ1) is 22.3. The maximum Gasteiger partial charge on any atom is 0.116 e. The molecule has 0 fully saturated rings. The molecule has 0 saturated carbocycles. The summed E-state index contributed by atoms with van der Waals surface area (Å²) >= 11 is 0. The van der Waals surface area contributed by atoms with Crippen molar-refractivity contribution in [3.63, 3.8) is 0 Å². The maximum absolute atomic E-state index is 13.4. The van der Waals surface area contributed by atoms with Crippen LogP contribution in [0.3, 0.4) is 0 Å². The van der Waals surface area contributed by atoms with Crippen LogP contribution < -0.4 is 11.1 Å². The number of halogens is 1. The van der Waals surface area contributed by atoms with Gasteiger partial charge in [0.1, 0.15) is 6.17 Å². The van der Waals surface area contributed by atoms with Gasteiger partial charge in [-0.15, -0.1) is 6.42 Å². The largest absolute Gasteiger partial charge is 0.399 e. The Balaban J connectivity index is 5.32. The third-order valence-corrected chi connectivity index (χ3v) is 3.53. The van der Waals surface area contributed by atoms with Crippen LogP contribution in [0.1, 0.15) is 27.2 Å². The summed E-state index contributed by atoms with van der Waals surface area (Å²) in [5, 5.41) is 3.23. The first-order valence-corrected chi connectivity index (χ1v) is 8.19. The van der Waals surface area contributed by atoms with E-state index in [1.165, 1.54) is 13.0 Å². The maximum atomic E-state index is 13.4. The van der Waals surface area contributed by atoms with E-state index in [4.69, 9.17) is 12.2 Å². The van der Waals surface area contributed by atoms with Crippen LogP contribution in [0.2, 0.25) is 0 Å². The van der Waals surface area contributed by atoms with Crippen molar-refractivity contribution < 1.29 is 4.39 Å². The number of nitrogens with two attached hydrogens (primary N) is 1. The van der Waals surface area contributed by atoms with Gasteiger partial charge >= 0.3 is 0 Å². The molecule has 2 atom stereocenters. The molecular formula is C22H29FN2. The highest BCUT2D eigenvalue weighted by molar-refractivity contribution is 5.42. The first-order chi connectivity index (χ1) is 11.8. The lowest BCUT2D eigenvalue weighted by Gasteiger charge is -2.19. The summed E-state index contributed by atoms with van der Waals surface area (Å²) in [5.74, 6) is 2.41. The SMILES string of the molecule is C#C/C=C\C(=C\C(C)F)C(C)NC(=C)/C(C=C)=C/C=C(/N)C(=C)CC. The molecule has 0 heterocycles. The number of hydrogen-bond acceptors (Lipinski definition) is 2. The lowest BCUT2D eigenvalue weighted by molar-refractivity contribution is 0.427. The smallest absolute Gasteiger partial charge is 0.116 e. The Morgan fingerprint density at radius 2 is 1.96 bits per heavy atom. The Labute approximate surface area is 152 Å². The molecule has 3 N–H and O–H groups in total. The molecule has 2 unspecified atom stereocenters. The fourth-order valence-electron chi connectivity index (χ4n) is 1.98. The highest BCUT2D eigenvalue weighted by Crippen LogP contribution is 2.14. The number of alkyl halides is 1.